The monoisotopic (exact) mass is 362 g/mol. The Morgan fingerprint density at radius 2 is 1.84 bits per heavy atom. The number of hydrogen-bond donors (Lipinski definition) is 2. The number of nitrogens with zero attached hydrogens (tertiary/aromatic N) is 2. The lowest BCUT2D eigenvalue weighted by atomic mass is 10.2. The van der Waals surface area contributed by atoms with Crippen LogP contribution >= 0.6 is 7.14 Å². The van der Waals surface area contributed by atoms with Crippen LogP contribution in [-0.4, -0.2) is 35.4 Å². The number of hydrogen-bond acceptors (Lipinski definition) is 5. The highest BCUT2D eigenvalue weighted by molar-refractivity contribution is 7.63. The van der Waals surface area contributed by atoms with E-state index in [1.165, 1.54) is 0 Å². The molecule has 0 bridgehead atoms. The maximum atomic E-state index is 11.9. The van der Waals surface area contributed by atoms with E-state index in [0.29, 0.717) is 11.6 Å². The van der Waals surface area contributed by atoms with Gasteiger partial charge >= 0.3 is 0 Å². The molecule has 25 heavy (non-hydrogen) atoms. The van der Waals surface area contributed by atoms with E-state index in [4.69, 9.17) is 0 Å². The molecule has 0 atom stereocenters. The SMILES string of the molecule is CC.Cc1ccnc(Nc2cc(NC(=O)CP(C)(C)=O)ccc2C)n1. The van der Waals surface area contributed by atoms with Crippen LogP contribution in [0.2, 0.25) is 0 Å². The van der Waals surface area contributed by atoms with Crippen molar-refractivity contribution in [1.29, 1.82) is 0 Å². The van der Waals surface area contributed by atoms with Crippen LogP contribution in [0.1, 0.15) is 25.1 Å². The Balaban J connectivity index is 0.00000151. The molecule has 0 aliphatic rings. The number of aromatic nitrogens is 2. The molecule has 0 radical (unpaired) electrons. The Morgan fingerprint density at radius 1 is 1.16 bits per heavy atom. The van der Waals surface area contributed by atoms with Crippen molar-refractivity contribution in [3.8, 4) is 0 Å². The second kappa shape index (κ2) is 9.33. The second-order valence-corrected chi connectivity index (χ2v) is 9.42. The van der Waals surface area contributed by atoms with Gasteiger partial charge in [-0.3, -0.25) is 4.79 Å². The van der Waals surface area contributed by atoms with Crippen LogP contribution in [0.3, 0.4) is 0 Å². The Bertz CT molecular complexity index is 771. The summed E-state index contributed by atoms with van der Waals surface area (Å²) in [5.74, 6) is 0.253. The summed E-state index contributed by atoms with van der Waals surface area (Å²) < 4.78 is 11.7. The molecule has 0 aliphatic heterocycles. The molecule has 6 nitrogen and oxygen atoms in total. The molecule has 0 unspecified atom stereocenters. The van der Waals surface area contributed by atoms with Crippen molar-refractivity contribution in [2.24, 2.45) is 0 Å². The van der Waals surface area contributed by atoms with Crippen LogP contribution in [0.4, 0.5) is 17.3 Å². The Labute approximate surface area is 149 Å². The van der Waals surface area contributed by atoms with Gasteiger partial charge in [0.1, 0.15) is 0 Å². The maximum Gasteiger partial charge on any atom is 0.231 e. The van der Waals surface area contributed by atoms with E-state index < -0.39 is 7.14 Å². The maximum absolute atomic E-state index is 11.9. The number of anilines is 3. The van der Waals surface area contributed by atoms with Gasteiger partial charge in [0, 0.05) is 23.3 Å². The number of carbonyl (C=O) groups is 1. The second-order valence-electron chi connectivity index (χ2n) is 5.96. The molecular weight excluding hydrogens is 335 g/mol. The van der Waals surface area contributed by atoms with Crippen molar-refractivity contribution in [2.45, 2.75) is 27.7 Å². The molecule has 2 rings (SSSR count). The van der Waals surface area contributed by atoms with Crippen molar-refractivity contribution in [3.05, 3.63) is 41.7 Å². The minimum atomic E-state index is -2.39. The first kappa shape index (κ1) is 20.8. The quantitative estimate of drug-likeness (QED) is 0.769. The average Bonchev–Trinajstić information content (AvgIpc) is 2.51. The number of aryl methyl sites for hydroxylation is 2. The summed E-state index contributed by atoms with van der Waals surface area (Å²) in [7, 11) is -2.39. The third-order valence-corrected chi connectivity index (χ3v) is 4.14. The average molecular weight is 362 g/mol. The van der Waals surface area contributed by atoms with Crippen LogP contribution in [0.15, 0.2) is 30.5 Å². The Hall–Kier alpha value is -2.20. The molecule has 136 valence electrons. The molecule has 1 amide bonds. The number of amides is 1. The highest BCUT2D eigenvalue weighted by Gasteiger charge is 2.14. The first-order chi connectivity index (χ1) is 11.7. The first-order valence-corrected chi connectivity index (χ1v) is 11.0. The van der Waals surface area contributed by atoms with Crippen LogP contribution in [0.5, 0.6) is 0 Å². The molecule has 1 heterocycles. The summed E-state index contributed by atoms with van der Waals surface area (Å²) in [4.78, 5) is 20.4. The minimum Gasteiger partial charge on any atom is -0.326 e. The molecule has 2 aromatic rings. The lowest BCUT2D eigenvalue weighted by molar-refractivity contribution is -0.113. The van der Waals surface area contributed by atoms with E-state index in [1.54, 1.807) is 19.5 Å². The van der Waals surface area contributed by atoms with Crippen molar-refractivity contribution >= 4 is 30.4 Å². The molecular formula is C18H27N4O2P. The van der Waals surface area contributed by atoms with E-state index >= 15 is 0 Å². The van der Waals surface area contributed by atoms with E-state index in [2.05, 4.69) is 20.6 Å². The van der Waals surface area contributed by atoms with Gasteiger partial charge in [0.15, 0.2) is 0 Å². The normalized spacial score (nSPS) is 10.5. The van der Waals surface area contributed by atoms with E-state index in [0.717, 1.165) is 16.9 Å². The van der Waals surface area contributed by atoms with Gasteiger partial charge in [0.2, 0.25) is 11.9 Å². The largest absolute Gasteiger partial charge is 0.326 e. The van der Waals surface area contributed by atoms with Gasteiger partial charge in [0.05, 0.1) is 13.3 Å². The highest BCUT2D eigenvalue weighted by Crippen LogP contribution is 2.35. The fraction of sp³-hybridized carbons (Fsp3) is 0.389. The van der Waals surface area contributed by atoms with E-state index in [1.807, 2.05) is 52.0 Å². The topological polar surface area (TPSA) is 84.0 Å². The van der Waals surface area contributed by atoms with Crippen LogP contribution < -0.4 is 10.6 Å². The third-order valence-electron chi connectivity index (χ3n) is 3.09. The standard InChI is InChI=1S/C16H21N4O2P.C2H6/c1-11-5-6-13(19-15(21)10-23(3,4)22)9-14(11)20-16-17-8-7-12(2)18-16;1-2/h5-9H,10H2,1-4H3,(H,19,21)(H,17,18,20);1-2H3. The van der Waals surface area contributed by atoms with Gasteiger partial charge in [-0.15, -0.1) is 0 Å². The first-order valence-electron chi connectivity index (χ1n) is 8.24. The zero-order valence-corrected chi connectivity index (χ0v) is 16.6. The van der Waals surface area contributed by atoms with Gasteiger partial charge in [-0.1, -0.05) is 19.9 Å². The third kappa shape index (κ3) is 7.48. The van der Waals surface area contributed by atoms with Crippen LogP contribution in [-0.2, 0) is 9.36 Å². The highest BCUT2D eigenvalue weighted by atomic mass is 31.2. The van der Waals surface area contributed by atoms with Gasteiger partial charge in [0.25, 0.3) is 0 Å². The molecule has 0 aliphatic carbocycles. The number of benzene rings is 1. The van der Waals surface area contributed by atoms with Gasteiger partial charge in [-0.05, 0) is 50.9 Å². The summed E-state index contributed by atoms with van der Waals surface area (Å²) in [5.41, 5.74) is 3.32. The predicted molar refractivity (Wildman–Crippen MR) is 106 cm³/mol. The van der Waals surface area contributed by atoms with Crippen molar-refractivity contribution in [2.75, 3.05) is 30.1 Å². The Morgan fingerprint density at radius 3 is 2.44 bits per heavy atom. The van der Waals surface area contributed by atoms with Gasteiger partial charge < -0.3 is 15.2 Å². The predicted octanol–water partition coefficient (Wildman–Crippen LogP) is 4.42. The summed E-state index contributed by atoms with van der Waals surface area (Å²) in [6.45, 7) is 11.0. The zero-order chi connectivity index (χ0) is 19.0. The summed E-state index contributed by atoms with van der Waals surface area (Å²) in [6.07, 6.45) is 1.72. The summed E-state index contributed by atoms with van der Waals surface area (Å²) >= 11 is 0. The molecule has 1 aromatic carbocycles. The molecule has 0 fully saturated rings. The van der Waals surface area contributed by atoms with Crippen molar-refractivity contribution in [1.82, 2.24) is 9.97 Å². The summed E-state index contributed by atoms with van der Waals surface area (Å²) in [6, 6.07) is 7.34. The smallest absolute Gasteiger partial charge is 0.231 e. The van der Waals surface area contributed by atoms with Crippen LogP contribution in [0.25, 0.3) is 0 Å². The fourth-order valence-electron chi connectivity index (χ4n) is 2.01. The van der Waals surface area contributed by atoms with E-state index in [-0.39, 0.29) is 12.1 Å². The Kier molecular flexibility index (Phi) is 7.78. The number of carbonyl (C=O) groups excluding carboxylic acids is 1. The van der Waals surface area contributed by atoms with Crippen molar-refractivity contribution < 1.29 is 9.36 Å². The lowest BCUT2D eigenvalue weighted by Crippen LogP contribution is -2.16. The zero-order valence-electron chi connectivity index (χ0n) is 15.8. The fourth-order valence-corrected chi connectivity index (χ4v) is 2.78. The van der Waals surface area contributed by atoms with Crippen molar-refractivity contribution in [3.63, 3.8) is 0 Å². The van der Waals surface area contributed by atoms with Crippen LogP contribution in [0, 0.1) is 13.8 Å². The number of nitrogens with one attached hydrogen (secondary N) is 2. The molecule has 0 spiro atoms. The molecule has 1 aromatic heterocycles. The minimum absolute atomic E-state index is 0.0324. The summed E-state index contributed by atoms with van der Waals surface area (Å²) in [5, 5.41) is 5.92. The molecule has 2 N–H and O–H groups in total. The number of rotatable bonds is 5. The molecule has 7 heteroatoms. The molecule has 0 saturated heterocycles. The van der Waals surface area contributed by atoms with E-state index in [9.17, 15) is 9.36 Å². The van der Waals surface area contributed by atoms with Gasteiger partial charge in [-0.25, -0.2) is 9.97 Å². The molecule has 0 saturated carbocycles. The lowest BCUT2D eigenvalue weighted by Gasteiger charge is -2.12. The van der Waals surface area contributed by atoms with Gasteiger partial charge in [-0.2, -0.15) is 0 Å².